The number of fused-ring (bicyclic) bond motifs is 1. The molecule has 0 unspecified atom stereocenters. The number of aromatic nitrogens is 1. The minimum Gasteiger partial charge on any atom is -0.497 e. The van der Waals surface area contributed by atoms with E-state index >= 15 is 0 Å². The molecule has 1 heterocycles. The summed E-state index contributed by atoms with van der Waals surface area (Å²) in [6.45, 7) is 0. The van der Waals surface area contributed by atoms with E-state index in [1.165, 1.54) is 14.2 Å². The van der Waals surface area contributed by atoms with Crippen LogP contribution >= 0.6 is 11.6 Å². The van der Waals surface area contributed by atoms with Crippen molar-refractivity contribution in [2.24, 2.45) is 0 Å². The van der Waals surface area contributed by atoms with Gasteiger partial charge in [-0.1, -0.05) is 29.8 Å². The minimum absolute atomic E-state index is 0.305. The van der Waals surface area contributed by atoms with E-state index < -0.39 is 0 Å². The second-order valence-electron chi connectivity index (χ2n) is 6.94. The Bertz CT molecular complexity index is 1290. The highest BCUT2D eigenvalue weighted by atomic mass is 35.5. The molecule has 6 nitrogen and oxygen atoms in total. The Morgan fingerprint density at radius 1 is 0.875 bits per heavy atom. The second kappa shape index (κ2) is 9.16. The summed E-state index contributed by atoms with van der Waals surface area (Å²) in [6, 6.07) is 20.1. The standard InChI is InChI=1S/C25H21ClN2O4/c1-30-16-10-8-15(9-11-16)21-12-18(17-6-4-5-7-20(17)27-21)25(29)28-22-14-23(31-2)19(26)13-24(22)32-3/h4-14H,1-3H3,(H,28,29). The maximum atomic E-state index is 13.4. The molecule has 1 aromatic heterocycles. The van der Waals surface area contributed by atoms with Gasteiger partial charge in [-0.05, 0) is 36.4 Å². The molecule has 1 N–H and O–H groups in total. The summed E-state index contributed by atoms with van der Waals surface area (Å²) in [5.41, 5.74) is 3.20. The van der Waals surface area contributed by atoms with Crippen LogP contribution in [0.5, 0.6) is 17.2 Å². The molecule has 0 bridgehead atoms. The van der Waals surface area contributed by atoms with Crippen molar-refractivity contribution < 1.29 is 19.0 Å². The van der Waals surface area contributed by atoms with Gasteiger partial charge < -0.3 is 19.5 Å². The smallest absolute Gasteiger partial charge is 0.256 e. The largest absolute Gasteiger partial charge is 0.497 e. The predicted octanol–water partition coefficient (Wildman–Crippen LogP) is 5.83. The van der Waals surface area contributed by atoms with E-state index in [4.69, 9.17) is 30.8 Å². The van der Waals surface area contributed by atoms with Crippen molar-refractivity contribution in [1.29, 1.82) is 0 Å². The second-order valence-corrected chi connectivity index (χ2v) is 7.35. The number of nitrogens with one attached hydrogen (secondary N) is 1. The molecule has 0 radical (unpaired) electrons. The molecular formula is C25H21ClN2O4. The topological polar surface area (TPSA) is 69.7 Å². The van der Waals surface area contributed by atoms with Gasteiger partial charge in [-0.3, -0.25) is 4.79 Å². The monoisotopic (exact) mass is 448 g/mol. The molecule has 1 amide bonds. The molecule has 0 saturated carbocycles. The number of pyridine rings is 1. The lowest BCUT2D eigenvalue weighted by atomic mass is 10.0. The third kappa shape index (κ3) is 4.18. The molecule has 32 heavy (non-hydrogen) atoms. The van der Waals surface area contributed by atoms with Gasteiger partial charge in [0.2, 0.25) is 0 Å². The van der Waals surface area contributed by atoms with Crippen LogP contribution < -0.4 is 19.5 Å². The van der Waals surface area contributed by atoms with Crippen LogP contribution in [0.15, 0.2) is 66.7 Å². The summed E-state index contributed by atoms with van der Waals surface area (Å²) in [5, 5.41) is 4.04. The number of ether oxygens (including phenoxy) is 3. The highest BCUT2D eigenvalue weighted by Gasteiger charge is 2.17. The van der Waals surface area contributed by atoms with Crippen molar-refractivity contribution in [3.8, 4) is 28.5 Å². The zero-order valence-corrected chi connectivity index (χ0v) is 18.6. The third-order valence-corrected chi connectivity index (χ3v) is 5.36. The Balaban J connectivity index is 1.79. The SMILES string of the molecule is COc1ccc(-c2cc(C(=O)Nc3cc(OC)c(Cl)cc3OC)c3ccccc3n2)cc1. The van der Waals surface area contributed by atoms with Crippen LogP contribution in [-0.2, 0) is 0 Å². The molecule has 0 atom stereocenters. The summed E-state index contributed by atoms with van der Waals surface area (Å²) >= 11 is 6.19. The average Bonchev–Trinajstić information content (AvgIpc) is 2.84. The van der Waals surface area contributed by atoms with Crippen LogP contribution in [0.3, 0.4) is 0 Å². The van der Waals surface area contributed by atoms with Crippen molar-refractivity contribution in [3.63, 3.8) is 0 Å². The number of methoxy groups -OCH3 is 3. The third-order valence-electron chi connectivity index (χ3n) is 5.07. The molecule has 4 rings (SSSR count). The fourth-order valence-corrected chi connectivity index (χ4v) is 3.65. The van der Waals surface area contributed by atoms with Gasteiger partial charge in [-0.25, -0.2) is 4.98 Å². The van der Waals surface area contributed by atoms with Crippen molar-refractivity contribution in [2.45, 2.75) is 0 Å². The molecule has 0 saturated heterocycles. The molecule has 7 heteroatoms. The lowest BCUT2D eigenvalue weighted by molar-refractivity contribution is 0.102. The van der Waals surface area contributed by atoms with Crippen LogP contribution in [0.25, 0.3) is 22.2 Å². The van der Waals surface area contributed by atoms with Crippen molar-refractivity contribution in [3.05, 3.63) is 77.3 Å². The number of hydrogen-bond acceptors (Lipinski definition) is 5. The number of nitrogens with zero attached hydrogens (tertiary/aromatic N) is 1. The predicted molar refractivity (Wildman–Crippen MR) is 126 cm³/mol. The Labute approximate surface area is 190 Å². The molecule has 4 aromatic rings. The van der Waals surface area contributed by atoms with Gasteiger partial charge in [0, 0.05) is 23.1 Å². The summed E-state index contributed by atoms with van der Waals surface area (Å²) in [5.74, 6) is 1.30. The number of carbonyl (C=O) groups excluding carboxylic acids is 1. The number of rotatable bonds is 6. The quantitative estimate of drug-likeness (QED) is 0.401. The minimum atomic E-state index is -0.305. The number of benzene rings is 3. The molecule has 0 aliphatic heterocycles. The highest BCUT2D eigenvalue weighted by Crippen LogP contribution is 2.36. The summed E-state index contributed by atoms with van der Waals surface area (Å²) in [4.78, 5) is 18.1. The van der Waals surface area contributed by atoms with E-state index in [2.05, 4.69) is 5.32 Å². The van der Waals surface area contributed by atoms with E-state index in [-0.39, 0.29) is 5.91 Å². The van der Waals surface area contributed by atoms with Crippen LogP contribution in [0.1, 0.15) is 10.4 Å². The van der Waals surface area contributed by atoms with Gasteiger partial charge in [0.15, 0.2) is 0 Å². The zero-order valence-electron chi connectivity index (χ0n) is 17.8. The molecule has 0 aliphatic carbocycles. The first kappa shape index (κ1) is 21.5. The number of hydrogen-bond donors (Lipinski definition) is 1. The average molecular weight is 449 g/mol. The van der Waals surface area contributed by atoms with Crippen molar-refractivity contribution in [1.82, 2.24) is 4.98 Å². The van der Waals surface area contributed by atoms with E-state index in [0.717, 1.165) is 16.7 Å². The lowest BCUT2D eigenvalue weighted by Crippen LogP contribution is -2.14. The summed E-state index contributed by atoms with van der Waals surface area (Å²) in [6.07, 6.45) is 0. The molecule has 0 fully saturated rings. The first-order chi connectivity index (χ1) is 15.5. The molecular weight excluding hydrogens is 428 g/mol. The molecule has 0 spiro atoms. The molecule has 3 aromatic carbocycles. The lowest BCUT2D eigenvalue weighted by Gasteiger charge is -2.14. The van der Waals surface area contributed by atoms with Crippen LogP contribution in [0.2, 0.25) is 5.02 Å². The summed E-state index contributed by atoms with van der Waals surface area (Å²) < 4.78 is 15.9. The van der Waals surface area contributed by atoms with Gasteiger partial charge in [-0.15, -0.1) is 0 Å². The first-order valence-electron chi connectivity index (χ1n) is 9.81. The number of halogens is 1. The number of carbonyl (C=O) groups is 1. The molecule has 162 valence electrons. The fraction of sp³-hybridized carbons (Fsp3) is 0.120. The number of para-hydroxylation sites is 1. The Morgan fingerprint density at radius 3 is 2.28 bits per heavy atom. The van der Waals surface area contributed by atoms with Gasteiger partial charge in [0.1, 0.15) is 17.2 Å². The summed E-state index contributed by atoms with van der Waals surface area (Å²) in [7, 11) is 4.64. The Hall–Kier alpha value is -3.77. The van der Waals surface area contributed by atoms with Crippen LogP contribution in [0, 0.1) is 0 Å². The van der Waals surface area contributed by atoms with E-state index in [9.17, 15) is 4.79 Å². The maximum Gasteiger partial charge on any atom is 0.256 e. The van der Waals surface area contributed by atoms with Crippen LogP contribution in [-0.4, -0.2) is 32.2 Å². The fourth-order valence-electron chi connectivity index (χ4n) is 3.42. The zero-order chi connectivity index (χ0) is 22.7. The van der Waals surface area contributed by atoms with Gasteiger partial charge in [-0.2, -0.15) is 0 Å². The Kier molecular flexibility index (Phi) is 6.14. The van der Waals surface area contributed by atoms with Crippen molar-refractivity contribution in [2.75, 3.05) is 26.6 Å². The van der Waals surface area contributed by atoms with Gasteiger partial charge in [0.05, 0.1) is 48.8 Å². The van der Waals surface area contributed by atoms with E-state index in [1.807, 2.05) is 48.5 Å². The highest BCUT2D eigenvalue weighted by molar-refractivity contribution is 6.32. The van der Waals surface area contributed by atoms with Gasteiger partial charge in [0.25, 0.3) is 5.91 Å². The normalized spacial score (nSPS) is 10.6. The van der Waals surface area contributed by atoms with Crippen LogP contribution in [0.4, 0.5) is 5.69 Å². The number of anilines is 1. The maximum absolute atomic E-state index is 13.4. The Morgan fingerprint density at radius 2 is 1.59 bits per heavy atom. The van der Waals surface area contributed by atoms with Gasteiger partial charge >= 0.3 is 0 Å². The van der Waals surface area contributed by atoms with Crippen molar-refractivity contribution >= 4 is 34.1 Å². The van der Waals surface area contributed by atoms with E-state index in [0.29, 0.717) is 39.0 Å². The van der Waals surface area contributed by atoms with E-state index in [1.54, 1.807) is 25.3 Å². The first-order valence-corrected chi connectivity index (χ1v) is 10.2. The number of amides is 1. The molecule has 0 aliphatic rings.